The fourth-order valence-corrected chi connectivity index (χ4v) is 4.69. The van der Waals surface area contributed by atoms with Crippen molar-refractivity contribution in [1.29, 1.82) is 0 Å². The monoisotopic (exact) mass is 391 g/mol. The first-order chi connectivity index (χ1) is 14.1. The average molecular weight is 392 g/mol. The van der Waals surface area contributed by atoms with Gasteiger partial charge in [0.2, 0.25) is 5.95 Å². The first-order valence-corrected chi connectivity index (χ1v) is 10.7. The van der Waals surface area contributed by atoms with Gasteiger partial charge in [-0.1, -0.05) is 25.1 Å². The van der Waals surface area contributed by atoms with Gasteiger partial charge in [-0.15, -0.1) is 0 Å². The van der Waals surface area contributed by atoms with E-state index in [1.54, 1.807) is 0 Å². The second-order valence-electron chi connectivity index (χ2n) is 8.72. The molecule has 2 aliphatic rings. The minimum absolute atomic E-state index is 0.0293. The molecule has 0 spiro atoms. The van der Waals surface area contributed by atoms with Crippen LogP contribution in [-0.4, -0.2) is 39.5 Å². The van der Waals surface area contributed by atoms with Crippen molar-refractivity contribution >= 4 is 16.9 Å². The van der Waals surface area contributed by atoms with Gasteiger partial charge in [0.05, 0.1) is 11.3 Å². The number of aromatic amines is 2. The number of hydrogen-bond donors (Lipinski definition) is 2. The molecule has 0 atom stereocenters. The van der Waals surface area contributed by atoms with Crippen LogP contribution in [0.25, 0.3) is 10.9 Å². The van der Waals surface area contributed by atoms with Crippen molar-refractivity contribution < 1.29 is 0 Å². The third-order valence-electron chi connectivity index (χ3n) is 6.67. The quantitative estimate of drug-likeness (QED) is 0.718. The summed E-state index contributed by atoms with van der Waals surface area (Å²) in [4.78, 5) is 28.9. The Balaban J connectivity index is 1.35. The van der Waals surface area contributed by atoms with Gasteiger partial charge in [-0.05, 0) is 37.3 Å². The highest BCUT2D eigenvalue weighted by Crippen LogP contribution is 2.25. The second kappa shape index (κ2) is 7.34. The molecule has 0 radical (unpaired) electrons. The van der Waals surface area contributed by atoms with Gasteiger partial charge in [0, 0.05) is 55.7 Å². The van der Waals surface area contributed by atoms with Crippen molar-refractivity contribution in [3.8, 4) is 0 Å². The lowest BCUT2D eigenvalue weighted by atomic mass is 9.99. The molecule has 0 amide bonds. The summed E-state index contributed by atoms with van der Waals surface area (Å²) in [6.45, 7) is 8.84. The predicted molar refractivity (Wildman–Crippen MR) is 116 cm³/mol. The van der Waals surface area contributed by atoms with Gasteiger partial charge in [-0.2, -0.15) is 0 Å². The number of rotatable bonds is 3. The van der Waals surface area contributed by atoms with Crippen LogP contribution in [0.3, 0.4) is 0 Å². The van der Waals surface area contributed by atoms with Gasteiger partial charge in [0.25, 0.3) is 5.56 Å². The molecule has 1 saturated heterocycles. The largest absolute Gasteiger partial charge is 0.357 e. The molecule has 6 heteroatoms. The summed E-state index contributed by atoms with van der Waals surface area (Å²) >= 11 is 0. The van der Waals surface area contributed by atoms with E-state index in [0.29, 0.717) is 6.54 Å². The number of piperidine rings is 1. The van der Waals surface area contributed by atoms with Crippen molar-refractivity contribution in [2.75, 3.05) is 24.5 Å². The zero-order chi connectivity index (χ0) is 20.0. The Morgan fingerprint density at radius 3 is 2.72 bits per heavy atom. The number of anilines is 1. The molecule has 4 heterocycles. The second-order valence-corrected chi connectivity index (χ2v) is 8.72. The zero-order valence-corrected chi connectivity index (χ0v) is 17.3. The molecule has 0 aliphatic carbocycles. The van der Waals surface area contributed by atoms with Crippen LogP contribution in [0.1, 0.15) is 42.3 Å². The molecule has 0 bridgehead atoms. The predicted octanol–water partition coefficient (Wildman–Crippen LogP) is 3.35. The van der Waals surface area contributed by atoms with Crippen molar-refractivity contribution in [2.24, 2.45) is 5.92 Å². The lowest BCUT2D eigenvalue weighted by molar-refractivity contribution is 0.239. The molecule has 6 nitrogen and oxygen atoms in total. The number of H-pyrrole nitrogens is 2. The Kier molecular flexibility index (Phi) is 4.66. The molecule has 0 unspecified atom stereocenters. The third kappa shape index (κ3) is 3.46. The van der Waals surface area contributed by atoms with Gasteiger partial charge in [-0.25, -0.2) is 4.98 Å². The Hall–Kier alpha value is -2.60. The van der Waals surface area contributed by atoms with Crippen molar-refractivity contribution in [3.63, 3.8) is 0 Å². The summed E-state index contributed by atoms with van der Waals surface area (Å²) in [6.07, 6.45) is 3.16. The number of benzene rings is 1. The van der Waals surface area contributed by atoms with Crippen LogP contribution in [0.5, 0.6) is 0 Å². The normalized spacial score (nSPS) is 18.3. The maximum atomic E-state index is 12.8. The maximum absolute atomic E-state index is 12.8. The van der Waals surface area contributed by atoms with Gasteiger partial charge in [0.15, 0.2) is 0 Å². The molecule has 5 rings (SSSR count). The molecule has 1 fully saturated rings. The van der Waals surface area contributed by atoms with Crippen LogP contribution < -0.4 is 10.5 Å². The van der Waals surface area contributed by atoms with Gasteiger partial charge >= 0.3 is 0 Å². The van der Waals surface area contributed by atoms with Crippen molar-refractivity contribution in [3.05, 3.63) is 57.1 Å². The van der Waals surface area contributed by atoms with E-state index in [0.717, 1.165) is 55.7 Å². The molecule has 0 saturated carbocycles. The van der Waals surface area contributed by atoms with E-state index in [-0.39, 0.29) is 5.56 Å². The van der Waals surface area contributed by atoms with Crippen LogP contribution >= 0.6 is 0 Å². The highest BCUT2D eigenvalue weighted by molar-refractivity contribution is 5.84. The Labute approximate surface area is 171 Å². The number of nitrogens with zero attached hydrogens (tertiary/aromatic N) is 3. The summed E-state index contributed by atoms with van der Waals surface area (Å²) in [5.74, 6) is 1.53. The van der Waals surface area contributed by atoms with E-state index >= 15 is 0 Å². The standard InChI is InChI=1S/C23H29N5O/c1-15-7-11-28(12-8-15)23-25-20-9-10-27(13-18(20)22(29)26-23)14-21-16(2)17-5-3-4-6-19(17)24-21/h3-6,15,24H,7-14H2,1-2H3,(H,25,26,29). The minimum Gasteiger partial charge on any atom is -0.357 e. The smallest absolute Gasteiger partial charge is 0.257 e. The third-order valence-corrected chi connectivity index (χ3v) is 6.67. The number of aromatic nitrogens is 3. The number of fused-ring (bicyclic) bond motifs is 2. The molecule has 29 heavy (non-hydrogen) atoms. The van der Waals surface area contributed by atoms with Gasteiger partial charge < -0.3 is 9.88 Å². The Morgan fingerprint density at radius 1 is 1.14 bits per heavy atom. The number of aryl methyl sites for hydroxylation is 1. The van der Waals surface area contributed by atoms with Crippen molar-refractivity contribution in [1.82, 2.24) is 19.9 Å². The lowest BCUT2D eigenvalue weighted by Gasteiger charge is -2.32. The summed E-state index contributed by atoms with van der Waals surface area (Å²) < 4.78 is 0. The summed E-state index contributed by atoms with van der Waals surface area (Å²) in [5.41, 5.74) is 5.55. The van der Waals surface area contributed by atoms with Crippen LogP contribution in [-0.2, 0) is 19.5 Å². The average Bonchev–Trinajstić information content (AvgIpc) is 3.04. The SMILES string of the molecule is Cc1c(CN2CCc3nc(N4CCC(C)CC4)[nH]c(=O)c3C2)[nH]c2ccccc12. The molecule has 2 aromatic heterocycles. The van der Waals surface area contributed by atoms with Gasteiger partial charge in [-0.3, -0.25) is 14.7 Å². The fraction of sp³-hybridized carbons (Fsp3) is 0.478. The molecule has 2 N–H and O–H groups in total. The molecule has 3 aromatic rings. The molecule has 2 aliphatic heterocycles. The van der Waals surface area contributed by atoms with Crippen LogP contribution in [0.4, 0.5) is 5.95 Å². The van der Waals surface area contributed by atoms with E-state index < -0.39 is 0 Å². The van der Waals surface area contributed by atoms with Crippen LogP contribution in [0.2, 0.25) is 0 Å². The van der Waals surface area contributed by atoms with E-state index in [9.17, 15) is 4.79 Å². The van der Waals surface area contributed by atoms with Crippen molar-refractivity contribution in [2.45, 2.75) is 46.2 Å². The fourth-order valence-electron chi connectivity index (χ4n) is 4.69. The maximum Gasteiger partial charge on any atom is 0.257 e. The Morgan fingerprint density at radius 2 is 1.93 bits per heavy atom. The minimum atomic E-state index is 0.0293. The highest BCUT2D eigenvalue weighted by Gasteiger charge is 2.25. The molecular formula is C23H29N5O. The first kappa shape index (κ1) is 18.4. The van der Waals surface area contributed by atoms with E-state index in [2.05, 4.69) is 57.9 Å². The van der Waals surface area contributed by atoms with Crippen LogP contribution in [0.15, 0.2) is 29.1 Å². The summed E-state index contributed by atoms with van der Waals surface area (Å²) in [6, 6.07) is 8.42. The molecule has 152 valence electrons. The summed E-state index contributed by atoms with van der Waals surface area (Å²) in [7, 11) is 0. The van der Waals surface area contributed by atoms with Gasteiger partial charge in [0.1, 0.15) is 0 Å². The Bertz CT molecular complexity index is 1090. The van der Waals surface area contributed by atoms with E-state index in [1.165, 1.54) is 35.0 Å². The topological polar surface area (TPSA) is 68.0 Å². The lowest BCUT2D eigenvalue weighted by Crippen LogP contribution is -2.39. The number of hydrogen-bond acceptors (Lipinski definition) is 4. The zero-order valence-electron chi connectivity index (χ0n) is 17.3. The number of para-hydroxylation sites is 1. The van der Waals surface area contributed by atoms with Crippen LogP contribution in [0, 0.1) is 12.8 Å². The first-order valence-electron chi connectivity index (χ1n) is 10.7. The number of nitrogens with one attached hydrogen (secondary N) is 2. The molecule has 1 aromatic carbocycles. The highest BCUT2D eigenvalue weighted by atomic mass is 16.1. The van der Waals surface area contributed by atoms with E-state index in [4.69, 9.17) is 4.98 Å². The van der Waals surface area contributed by atoms with E-state index in [1.807, 2.05) is 0 Å². The molecular weight excluding hydrogens is 362 g/mol. The summed E-state index contributed by atoms with van der Waals surface area (Å²) in [5, 5.41) is 1.28.